The maximum absolute atomic E-state index is 13.2. The van der Waals surface area contributed by atoms with Crippen LogP contribution in [0.4, 0.5) is 10.5 Å². The zero-order valence-electron chi connectivity index (χ0n) is 22.0. The van der Waals surface area contributed by atoms with Crippen molar-refractivity contribution in [3.8, 4) is 11.4 Å². The highest BCUT2D eigenvalue weighted by molar-refractivity contribution is 6.33. The SMILES string of the molecule is CCCCCCCCOc1ccccc1-n1ncc(N2CCN(C(=O)OC(C)(C)C)CC2)c(Cl)c1=O. The third kappa shape index (κ3) is 7.63. The van der Waals surface area contributed by atoms with Crippen LogP contribution in [0.1, 0.15) is 66.2 Å². The molecule has 0 spiro atoms. The molecule has 0 saturated carbocycles. The minimum Gasteiger partial charge on any atom is -0.491 e. The summed E-state index contributed by atoms with van der Waals surface area (Å²) in [7, 11) is 0. The molecule has 0 atom stereocenters. The fourth-order valence-electron chi connectivity index (χ4n) is 4.09. The van der Waals surface area contributed by atoms with Crippen LogP contribution in [0, 0.1) is 0 Å². The fraction of sp³-hybridized carbons (Fsp3) is 0.593. The van der Waals surface area contributed by atoms with E-state index in [1.54, 1.807) is 17.2 Å². The van der Waals surface area contributed by atoms with Gasteiger partial charge in [-0.2, -0.15) is 9.78 Å². The van der Waals surface area contributed by atoms with E-state index in [1.165, 1.54) is 30.4 Å². The van der Waals surface area contributed by atoms with Gasteiger partial charge in [0.05, 0.1) is 18.5 Å². The summed E-state index contributed by atoms with van der Waals surface area (Å²) in [5, 5.41) is 4.52. The lowest BCUT2D eigenvalue weighted by Crippen LogP contribution is -2.50. The molecule has 0 bridgehead atoms. The van der Waals surface area contributed by atoms with Gasteiger partial charge in [-0.3, -0.25) is 4.79 Å². The summed E-state index contributed by atoms with van der Waals surface area (Å²) in [5.74, 6) is 0.607. The first-order chi connectivity index (χ1) is 17.2. The van der Waals surface area contributed by atoms with Crippen molar-refractivity contribution < 1.29 is 14.3 Å². The average Bonchev–Trinajstić information content (AvgIpc) is 2.85. The normalized spacial score (nSPS) is 14.1. The van der Waals surface area contributed by atoms with Crippen LogP contribution in [-0.2, 0) is 4.74 Å². The Bertz CT molecular complexity index is 1060. The van der Waals surface area contributed by atoms with Crippen molar-refractivity contribution in [1.29, 1.82) is 0 Å². The van der Waals surface area contributed by atoms with E-state index in [1.807, 2.05) is 43.9 Å². The Balaban J connectivity index is 1.65. The Morgan fingerprint density at radius 3 is 2.36 bits per heavy atom. The maximum Gasteiger partial charge on any atom is 0.410 e. The molecule has 0 N–H and O–H groups in total. The second kappa shape index (κ2) is 13.0. The zero-order valence-corrected chi connectivity index (χ0v) is 22.7. The summed E-state index contributed by atoms with van der Waals surface area (Å²) in [6.45, 7) is 10.3. The van der Waals surface area contributed by atoms with Crippen LogP contribution < -0.4 is 15.2 Å². The molecule has 0 radical (unpaired) electrons. The van der Waals surface area contributed by atoms with E-state index in [0.717, 1.165) is 12.8 Å². The number of ether oxygens (including phenoxy) is 2. The topological polar surface area (TPSA) is 76.9 Å². The van der Waals surface area contributed by atoms with Crippen molar-refractivity contribution in [2.45, 2.75) is 71.8 Å². The number of nitrogens with zero attached hydrogens (tertiary/aromatic N) is 4. The first-order valence-electron chi connectivity index (χ1n) is 12.9. The molecule has 1 fully saturated rings. The molecule has 198 valence electrons. The van der Waals surface area contributed by atoms with E-state index in [9.17, 15) is 9.59 Å². The number of benzene rings is 1. The highest BCUT2D eigenvalue weighted by Gasteiger charge is 2.27. The molecule has 1 saturated heterocycles. The summed E-state index contributed by atoms with van der Waals surface area (Å²) in [5.41, 5.74) is 0.184. The summed E-state index contributed by atoms with van der Waals surface area (Å²) in [4.78, 5) is 29.2. The molecule has 36 heavy (non-hydrogen) atoms. The number of halogens is 1. The van der Waals surface area contributed by atoms with Gasteiger partial charge in [-0.05, 0) is 39.3 Å². The smallest absolute Gasteiger partial charge is 0.410 e. The molecular weight excluding hydrogens is 480 g/mol. The number of hydrogen-bond donors (Lipinski definition) is 0. The summed E-state index contributed by atoms with van der Waals surface area (Å²) in [6.07, 6.45) is 8.34. The van der Waals surface area contributed by atoms with E-state index in [2.05, 4.69) is 12.0 Å². The van der Waals surface area contributed by atoms with Gasteiger partial charge in [0.25, 0.3) is 5.56 Å². The Hall–Kier alpha value is -2.74. The molecular formula is C27H39ClN4O4. The number of piperazine rings is 1. The molecule has 1 aliphatic rings. The number of aromatic nitrogens is 2. The van der Waals surface area contributed by atoms with Gasteiger partial charge in [-0.15, -0.1) is 0 Å². The first kappa shape index (κ1) is 27.8. The lowest BCUT2D eigenvalue weighted by Gasteiger charge is -2.36. The van der Waals surface area contributed by atoms with E-state index < -0.39 is 11.2 Å². The molecule has 8 nitrogen and oxygen atoms in total. The largest absolute Gasteiger partial charge is 0.491 e. The molecule has 1 amide bonds. The molecule has 2 aromatic rings. The third-order valence-electron chi connectivity index (χ3n) is 6.02. The summed E-state index contributed by atoms with van der Waals surface area (Å²) < 4.78 is 12.8. The fourth-order valence-corrected chi connectivity index (χ4v) is 4.34. The minimum absolute atomic E-state index is 0.0986. The van der Waals surface area contributed by atoms with Crippen LogP contribution in [0.25, 0.3) is 5.69 Å². The summed E-state index contributed by atoms with van der Waals surface area (Å²) >= 11 is 6.55. The molecule has 1 aromatic carbocycles. The molecule has 2 heterocycles. The van der Waals surface area contributed by atoms with Crippen LogP contribution in [-0.4, -0.2) is 59.2 Å². The number of hydrogen-bond acceptors (Lipinski definition) is 6. The predicted octanol–water partition coefficient (Wildman–Crippen LogP) is 5.68. The Morgan fingerprint density at radius 2 is 1.67 bits per heavy atom. The molecule has 3 rings (SSSR count). The number of anilines is 1. The van der Waals surface area contributed by atoms with Gasteiger partial charge in [0, 0.05) is 26.2 Å². The van der Waals surface area contributed by atoms with Gasteiger partial charge in [-0.25, -0.2) is 4.79 Å². The van der Waals surface area contributed by atoms with Crippen LogP contribution in [0.3, 0.4) is 0 Å². The van der Waals surface area contributed by atoms with Crippen molar-refractivity contribution >= 4 is 23.4 Å². The van der Waals surface area contributed by atoms with Crippen molar-refractivity contribution in [2.75, 3.05) is 37.7 Å². The van der Waals surface area contributed by atoms with Crippen molar-refractivity contribution in [3.63, 3.8) is 0 Å². The average molecular weight is 519 g/mol. The first-order valence-corrected chi connectivity index (χ1v) is 13.3. The van der Waals surface area contributed by atoms with Crippen LogP contribution >= 0.6 is 11.6 Å². The monoisotopic (exact) mass is 518 g/mol. The highest BCUT2D eigenvalue weighted by Crippen LogP contribution is 2.26. The molecule has 1 aromatic heterocycles. The molecule has 1 aliphatic heterocycles. The lowest BCUT2D eigenvalue weighted by atomic mass is 10.1. The van der Waals surface area contributed by atoms with Gasteiger partial charge < -0.3 is 19.3 Å². The van der Waals surface area contributed by atoms with Gasteiger partial charge in [0.1, 0.15) is 22.1 Å². The number of para-hydroxylation sites is 2. The van der Waals surface area contributed by atoms with E-state index in [4.69, 9.17) is 21.1 Å². The maximum atomic E-state index is 13.2. The molecule has 9 heteroatoms. The van der Waals surface area contributed by atoms with Gasteiger partial charge >= 0.3 is 6.09 Å². The predicted molar refractivity (Wildman–Crippen MR) is 144 cm³/mol. The second-order valence-corrected chi connectivity index (χ2v) is 10.5. The van der Waals surface area contributed by atoms with E-state index in [0.29, 0.717) is 49.9 Å². The quantitative estimate of drug-likeness (QED) is 0.376. The van der Waals surface area contributed by atoms with Gasteiger partial charge in [0.2, 0.25) is 0 Å². The lowest BCUT2D eigenvalue weighted by molar-refractivity contribution is 0.0240. The van der Waals surface area contributed by atoms with Gasteiger partial charge in [-0.1, -0.05) is 62.8 Å². The van der Waals surface area contributed by atoms with Gasteiger partial charge in [0.15, 0.2) is 0 Å². The van der Waals surface area contributed by atoms with Crippen LogP contribution in [0.2, 0.25) is 5.02 Å². The standard InChI is InChI=1S/C27H39ClN4O4/c1-5-6-7-8-9-12-19-35-23-14-11-10-13-21(23)32-25(33)24(28)22(20-29-32)30-15-17-31(18-16-30)26(34)36-27(2,3)4/h10-11,13-14,20H,5-9,12,15-19H2,1-4H3. The van der Waals surface area contributed by atoms with Crippen molar-refractivity contribution in [1.82, 2.24) is 14.7 Å². The van der Waals surface area contributed by atoms with E-state index >= 15 is 0 Å². The third-order valence-corrected chi connectivity index (χ3v) is 6.38. The number of carbonyl (C=O) groups is 1. The van der Waals surface area contributed by atoms with Crippen molar-refractivity contribution in [3.05, 3.63) is 45.8 Å². The Morgan fingerprint density at radius 1 is 1.00 bits per heavy atom. The van der Waals surface area contributed by atoms with Crippen LogP contribution in [0.15, 0.2) is 35.3 Å². The minimum atomic E-state index is -0.541. The second-order valence-electron chi connectivity index (χ2n) is 10.1. The number of carbonyl (C=O) groups excluding carboxylic acids is 1. The highest BCUT2D eigenvalue weighted by atomic mass is 35.5. The molecule has 0 unspecified atom stereocenters. The Kier molecular flexibility index (Phi) is 10.0. The zero-order chi connectivity index (χ0) is 26.1. The van der Waals surface area contributed by atoms with E-state index in [-0.39, 0.29) is 11.1 Å². The van der Waals surface area contributed by atoms with Crippen molar-refractivity contribution in [2.24, 2.45) is 0 Å². The Labute approximate surface area is 219 Å². The molecule has 0 aliphatic carbocycles. The summed E-state index contributed by atoms with van der Waals surface area (Å²) in [6, 6.07) is 7.38. The number of amides is 1. The number of unbranched alkanes of at least 4 members (excludes halogenated alkanes) is 5. The number of rotatable bonds is 10. The van der Waals surface area contributed by atoms with Crippen LogP contribution in [0.5, 0.6) is 5.75 Å².